The SMILES string of the molecule is CCOC(=O)c1cccc(OC(F)F)c1CC(C)=O. The minimum atomic E-state index is -3.02. The largest absolute Gasteiger partial charge is 0.462 e. The Morgan fingerprint density at radius 1 is 1.32 bits per heavy atom. The molecule has 0 saturated heterocycles. The molecular formula is C13H14F2O4. The summed E-state index contributed by atoms with van der Waals surface area (Å²) in [6, 6.07) is 4.09. The molecule has 104 valence electrons. The lowest BCUT2D eigenvalue weighted by Gasteiger charge is -2.13. The average molecular weight is 272 g/mol. The minimum absolute atomic E-state index is 0.0650. The summed E-state index contributed by atoms with van der Waals surface area (Å²) >= 11 is 0. The van der Waals surface area contributed by atoms with E-state index in [0.29, 0.717) is 0 Å². The molecule has 1 aromatic carbocycles. The zero-order chi connectivity index (χ0) is 14.4. The first-order valence-corrected chi connectivity index (χ1v) is 5.69. The molecule has 0 heterocycles. The number of ketones is 1. The number of ether oxygens (including phenoxy) is 2. The summed E-state index contributed by atoms with van der Waals surface area (Å²) in [5.74, 6) is -1.12. The molecule has 0 spiro atoms. The number of hydrogen-bond donors (Lipinski definition) is 0. The van der Waals surface area contributed by atoms with E-state index in [9.17, 15) is 18.4 Å². The summed E-state index contributed by atoms with van der Waals surface area (Å²) in [7, 11) is 0. The lowest BCUT2D eigenvalue weighted by molar-refractivity contribution is -0.116. The number of esters is 1. The molecule has 1 rings (SSSR count). The monoisotopic (exact) mass is 272 g/mol. The molecule has 0 fully saturated rings. The minimum Gasteiger partial charge on any atom is -0.462 e. The molecule has 0 aliphatic heterocycles. The Balaban J connectivity index is 3.21. The second-order valence-electron chi connectivity index (χ2n) is 3.76. The maximum Gasteiger partial charge on any atom is 0.387 e. The van der Waals surface area contributed by atoms with Crippen molar-refractivity contribution in [2.45, 2.75) is 26.9 Å². The van der Waals surface area contributed by atoms with Crippen LogP contribution in [0.25, 0.3) is 0 Å². The first-order valence-electron chi connectivity index (χ1n) is 5.69. The van der Waals surface area contributed by atoms with E-state index in [1.165, 1.54) is 25.1 Å². The third-order valence-electron chi connectivity index (χ3n) is 2.27. The van der Waals surface area contributed by atoms with Gasteiger partial charge in [0.1, 0.15) is 11.5 Å². The predicted octanol–water partition coefficient (Wildman–Crippen LogP) is 2.60. The fourth-order valence-electron chi connectivity index (χ4n) is 1.60. The molecule has 0 bridgehead atoms. The van der Waals surface area contributed by atoms with E-state index in [4.69, 9.17) is 4.74 Å². The summed E-state index contributed by atoms with van der Waals surface area (Å²) in [4.78, 5) is 22.9. The first-order chi connectivity index (χ1) is 8.95. The van der Waals surface area contributed by atoms with Crippen LogP contribution in [0, 0.1) is 0 Å². The van der Waals surface area contributed by atoms with Gasteiger partial charge in [-0.2, -0.15) is 8.78 Å². The highest BCUT2D eigenvalue weighted by molar-refractivity contribution is 5.94. The molecule has 4 nitrogen and oxygen atoms in total. The number of rotatable bonds is 6. The first kappa shape index (κ1) is 15.1. The van der Waals surface area contributed by atoms with Crippen LogP contribution in [-0.2, 0) is 16.0 Å². The van der Waals surface area contributed by atoms with Gasteiger partial charge in [0.25, 0.3) is 0 Å². The smallest absolute Gasteiger partial charge is 0.387 e. The van der Waals surface area contributed by atoms with Gasteiger partial charge in [0.2, 0.25) is 0 Å². The van der Waals surface area contributed by atoms with Crippen molar-refractivity contribution in [3.8, 4) is 5.75 Å². The van der Waals surface area contributed by atoms with Gasteiger partial charge >= 0.3 is 12.6 Å². The number of hydrogen-bond acceptors (Lipinski definition) is 4. The third-order valence-corrected chi connectivity index (χ3v) is 2.27. The lowest BCUT2D eigenvalue weighted by Crippen LogP contribution is -2.13. The number of alkyl halides is 2. The maximum absolute atomic E-state index is 12.3. The van der Waals surface area contributed by atoms with Crippen LogP contribution < -0.4 is 4.74 Å². The third kappa shape index (κ3) is 4.31. The molecule has 0 aliphatic rings. The molecule has 0 aromatic heterocycles. The highest BCUT2D eigenvalue weighted by atomic mass is 19.3. The van der Waals surface area contributed by atoms with E-state index in [1.54, 1.807) is 6.92 Å². The van der Waals surface area contributed by atoms with Gasteiger partial charge in [-0.1, -0.05) is 6.07 Å². The molecule has 1 aromatic rings. The molecule has 0 amide bonds. The van der Waals surface area contributed by atoms with Crippen molar-refractivity contribution in [1.29, 1.82) is 0 Å². The van der Waals surface area contributed by atoms with E-state index < -0.39 is 12.6 Å². The fourth-order valence-corrected chi connectivity index (χ4v) is 1.60. The second-order valence-corrected chi connectivity index (χ2v) is 3.76. The van der Waals surface area contributed by atoms with Crippen molar-refractivity contribution in [2.75, 3.05) is 6.61 Å². The summed E-state index contributed by atoms with van der Waals surface area (Å²) in [6.45, 7) is 0.0529. The molecule has 0 radical (unpaired) electrons. The van der Waals surface area contributed by atoms with Crippen LogP contribution in [0.4, 0.5) is 8.78 Å². The molecule has 0 unspecified atom stereocenters. The van der Waals surface area contributed by atoms with Gasteiger partial charge < -0.3 is 9.47 Å². The van der Waals surface area contributed by atoms with Crippen molar-refractivity contribution < 1.29 is 27.8 Å². The highest BCUT2D eigenvalue weighted by Crippen LogP contribution is 2.25. The number of halogens is 2. The number of Topliss-reactive ketones (excluding diaryl/α,β-unsaturated/α-hetero) is 1. The van der Waals surface area contributed by atoms with Gasteiger partial charge in [-0.3, -0.25) is 4.79 Å². The standard InChI is InChI=1S/C13H14F2O4/c1-3-18-12(17)9-5-4-6-11(19-13(14)15)10(9)7-8(2)16/h4-6,13H,3,7H2,1-2H3. The highest BCUT2D eigenvalue weighted by Gasteiger charge is 2.19. The fraction of sp³-hybridized carbons (Fsp3) is 0.385. The van der Waals surface area contributed by atoms with E-state index >= 15 is 0 Å². The lowest BCUT2D eigenvalue weighted by atomic mass is 10.0. The van der Waals surface area contributed by atoms with Crippen molar-refractivity contribution in [3.63, 3.8) is 0 Å². The topological polar surface area (TPSA) is 52.6 Å². The van der Waals surface area contributed by atoms with Crippen LogP contribution in [0.1, 0.15) is 29.8 Å². The normalized spacial score (nSPS) is 10.4. The van der Waals surface area contributed by atoms with E-state index in [0.717, 1.165) is 0 Å². The Morgan fingerprint density at radius 3 is 2.53 bits per heavy atom. The Bertz CT molecular complexity index is 472. The van der Waals surface area contributed by atoms with Crippen LogP contribution >= 0.6 is 0 Å². The Kier molecular flexibility index (Phi) is 5.41. The zero-order valence-electron chi connectivity index (χ0n) is 10.6. The Labute approximate surface area is 109 Å². The molecule has 0 aliphatic carbocycles. The maximum atomic E-state index is 12.3. The van der Waals surface area contributed by atoms with Gasteiger partial charge in [0.05, 0.1) is 12.2 Å². The van der Waals surface area contributed by atoms with Crippen molar-refractivity contribution >= 4 is 11.8 Å². The van der Waals surface area contributed by atoms with Gasteiger partial charge in [-0.15, -0.1) is 0 Å². The Hall–Kier alpha value is -1.98. The summed E-state index contributed by atoms with van der Waals surface area (Å²) in [6.07, 6.45) is -0.170. The second kappa shape index (κ2) is 6.82. The molecule has 0 N–H and O–H groups in total. The summed E-state index contributed by atoms with van der Waals surface area (Å²) in [5.41, 5.74) is 0.184. The van der Waals surface area contributed by atoms with Crippen LogP contribution in [0.3, 0.4) is 0 Å². The number of benzene rings is 1. The Morgan fingerprint density at radius 2 is 2.00 bits per heavy atom. The zero-order valence-corrected chi connectivity index (χ0v) is 10.6. The van der Waals surface area contributed by atoms with E-state index in [2.05, 4.69) is 4.74 Å². The molecule has 19 heavy (non-hydrogen) atoms. The number of carbonyl (C=O) groups excluding carboxylic acids is 2. The summed E-state index contributed by atoms with van der Waals surface area (Å²) in [5, 5.41) is 0. The van der Waals surface area contributed by atoms with Crippen molar-refractivity contribution in [2.24, 2.45) is 0 Å². The molecule has 6 heteroatoms. The van der Waals surface area contributed by atoms with E-state index in [1.807, 2.05) is 0 Å². The van der Waals surface area contributed by atoms with Gasteiger partial charge in [-0.25, -0.2) is 4.79 Å². The molecule has 0 saturated carbocycles. The van der Waals surface area contributed by atoms with Crippen LogP contribution in [0.5, 0.6) is 5.75 Å². The van der Waals surface area contributed by atoms with E-state index in [-0.39, 0.29) is 35.7 Å². The van der Waals surface area contributed by atoms with Gasteiger partial charge in [0, 0.05) is 12.0 Å². The van der Waals surface area contributed by atoms with Crippen LogP contribution in [0.15, 0.2) is 18.2 Å². The average Bonchev–Trinajstić information content (AvgIpc) is 2.30. The van der Waals surface area contributed by atoms with Crippen LogP contribution in [-0.4, -0.2) is 25.0 Å². The van der Waals surface area contributed by atoms with Gasteiger partial charge in [-0.05, 0) is 26.0 Å². The molecule has 0 atom stereocenters. The van der Waals surface area contributed by atoms with Crippen LogP contribution in [0.2, 0.25) is 0 Å². The summed E-state index contributed by atoms with van der Waals surface area (Å²) < 4.78 is 33.7. The van der Waals surface area contributed by atoms with Crippen molar-refractivity contribution in [3.05, 3.63) is 29.3 Å². The molecular weight excluding hydrogens is 258 g/mol. The quantitative estimate of drug-likeness (QED) is 0.747. The number of carbonyl (C=O) groups is 2. The van der Waals surface area contributed by atoms with Gasteiger partial charge in [0.15, 0.2) is 0 Å². The predicted molar refractivity (Wildman–Crippen MR) is 63.4 cm³/mol. The van der Waals surface area contributed by atoms with Crippen molar-refractivity contribution in [1.82, 2.24) is 0 Å².